The van der Waals surface area contributed by atoms with E-state index in [1.165, 1.54) is 25.8 Å². The molecule has 2 rings (SSSR count). The highest BCUT2D eigenvalue weighted by Gasteiger charge is 2.28. The van der Waals surface area contributed by atoms with Gasteiger partial charge in [0.25, 0.3) is 0 Å². The van der Waals surface area contributed by atoms with Crippen LogP contribution in [0.3, 0.4) is 0 Å². The maximum absolute atomic E-state index is 13.8. The van der Waals surface area contributed by atoms with Crippen molar-refractivity contribution in [3.63, 3.8) is 0 Å². The van der Waals surface area contributed by atoms with Crippen molar-refractivity contribution in [3.8, 4) is 0 Å². The highest BCUT2D eigenvalue weighted by Crippen LogP contribution is 2.34. The molecular weight excluding hydrogens is 229 g/mol. The quantitative estimate of drug-likeness (QED) is 0.742. The van der Waals surface area contributed by atoms with Crippen molar-refractivity contribution in [3.05, 3.63) is 29.6 Å². The zero-order chi connectivity index (χ0) is 13.3. The molecular formula is C15H20FNO. The van der Waals surface area contributed by atoms with E-state index in [2.05, 4.69) is 18.7 Å². The Morgan fingerprint density at radius 1 is 1.44 bits per heavy atom. The van der Waals surface area contributed by atoms with Gasteiger partial charge in [-0.3, -0.25) is 4.79 Å². The molecule has 0 atom stereocenters. The highest BCUT2D eigenvalue weighted by atomic mass is 19.1. The van der Waals surface area contributed by atoms with E-state index in [1.807, 2.05) is 6.07 Å². The average molecular weight is 249 g/mol. The van der Waals surface area contributed by atoms with Crippen LogP contribution >= 0.6 is 0 Å². The number of benzene rings is 1. The van der Waals surface area contributed by atoms with Crippen LogP contribution in [0, 0.1) is 11.7 Å². The van der Waals surface area contributed by atoms with E-state index in [0.29, 0.717) is 5.92 Å². The number of carbonyl (C=O) groups excluding carboxylic acids is 1. The minimum absolute atomic E-state index is 0.204. The minimum Gasteiger partial charge on any atom is -0.368 e. The molecule has 0 saturated heterocycles. The lowest BCUT2D eigenvalue weighted by atomic mass is 10.1. The van der Waals surface area contributed by atoms with Crippen molar-refractivity contribution in [1.82, 2.24) is 0 Å². The number of carbonyl (C=O) groups is 1. The summed E-state index contributed by atoms with van der Waals surface area (Å²) in [5, 5.41) is 0. The number of hydrogen-bond donors (Lipinski definition) is 0. The first-order chi connectivity index (χ1) is 8.50. The molecule has 0 amide bonds. The van der Waals surface area contributed by atoms with Gasteiger partial charge in [-0.05, 0) is 51.7 Å². The lowest BCUT2D eigenvalue weighted by Crippen LogP contribution is -2.34. The second-order valence-electron chi connectivity index (χ2n) is 5.38. The van der Waals surface area contributed by atoms with Gasteiger partial charge in [0.15, 0.2) is 5.78 Å². The first-order valence-electron chi connectivity index (χ1n) is 6.56. The molecule has 0 bridgehead atoms. The molecule has 1 aliphatic rings. The second kappa shape index (κ2) is 5.09. The summed E-state index contributed by atoms with van der Waals surface area (Å²) < 4.78 is 13.8. The number of rotatable bonds is 5. The molecule has 1 aromatic carbocycles. The predicted molar refractivity (Wildman–Crippen MR) is 71.6 cm³/mol. The molecule has 0 heterocycles. The third kappa shape index (κ3) is 2.71. The molecule has 0 N–H and O–H groups in total. The number of ketones is 1. The molecule has 1 aliphatic carbocycles. The van der Waals surface area contributed by atoms with Gasteiger partial charge >= 0.3 is 0 Å². The van der Waals surface area contributed by atoms with E-state index in [0.717, 1.165) is 12.2 Å². The Bertz CT molecular complexity index is 452. The first kappa shape index (κ1) is 13.1. The summed E-state index contributed by atoms with van der Waals surface area (Å²) in [4.78, 5) is 13.8. The molecule has 0 radical (unpaired) electrons. The van der Waals surface area contributed by atoms with Crippen LogP contribution in [0.2, 0.25) is 0 Å². The zero-order valence-electron chi connectivity index (χ0n) is 11.2. The normalized spacial score (nSPS) is 14.9. The molecule has 2 nitrogen and oxygen atoms in total. The van der Waals surface area contributed by atoms with Gasteiger partial charge in [-0.25, -0.2) is 4.39 Å². The largest absolute Gasteiger partial charge is 0.368 e. The lowest BCUT2D eigenvalue weighted by Gasteiger charge is -2.30. The van der Waals surface area contributed by atoms with Gasteiger partial charge in [-0.1, -0.05) is 6.07 Å². The molecule has 98 valence electrons. The van der Waals surface area contributed by atoms with Crippen LogP contribution in [-0.4, -0.2) is 18.4 Å². The van der Waals surface area contributed by atoms with Gasteiger partial charge in [0.05, 0.1) is 11.3 Å². The van der Waals surface area contributed by atoms with E-state index in [4.69, 9.17) is 0 Å². The third-order valence-corrected chi connectivity index (χ3v) is 3.43. The van der Waals surface area contributed by atoms with Crippen molar-refractivity contribution in [1.29, 1.82) is 0 Å². The minimum atomic E-state index is -0.415. The van der Waals surface area contributed by atoms with E-state index in [-0.39, 0.29) is 17.4 Å². The molecule has 1 saturated carbocycles. The lowest BCUT2D eigenvalue weighted by molar-refractivity contribution is 0.101. The Labute approximate surface area is 108 Å². The zero-order valence-corrected chi connectivity index (χ0v) is 11.2. The Balaban J connectivity index is 2.39. The van der Waals surface area contributed by atoms with Gasteiger partial charge < -0.3 is 4.90 Å². The molecule has 0 aliphatic heterocycles. The predicted octanol–water partition coefficient (Wildman–Crippen LogP) is 3.65. The van der Waals surface area contributed by atoms with Crippen molar-refractivity contribution in [2.45, 2.75) is 39.7 Å². The van der Waals surface area contributed by atoms with E-state index >= 15 is 0 Å². The highest BCUT2D eigenvalue weighted by molar-refractivity contribution is 6.00. The summed E-state index contributed by atoms with van der Waals surface area (Å²) in [6.45, 7) is 6.51. The van der Waals surface area contributed by atoms with Gasteiger partial charge in [0.1, 0.15) is 5.82 Å². The Kier molecular flexibility index (Phi) is 3.69. The first-order valence-corrected chi connectivity index (χ1v) is 6.56. The average Bonchev–Trinajstić information content (AvgIpc) is 3.08. The van der Waals surface area contributed by atoms with Crippen LogP contribution < -0.4 is 4.90 Å². The van der Waals surface area contributed by atoms with Gasteiger partial charge in [-0.15, -0.1) is 0 Å². The fraction of sp³-hybridized carbons (Fsp3) is 0.533. The van der Waals surface area contributed by atoms with Crippen molar-refractivity contribution >= 4 is 11.5 Å². The fourth-order valence-corrected chi connectivity index (χ4v) is 2.27. The van der Waals surface area contributed by atoms with E-state index in [9.17, 15) is 9.18 Å². The maximum Gasteiger partial charge on any atom is 0.164 e. The van der Waals surface area contributed by atoms with Crippen LogP contribution in [0.5, 0.6) is 0 Å². The van der Waals surface area contributed by atoms with Gasteiger partial charge in [-0.2, -0.15) is 0 Å². The summed E-state index contributed by atoms with van der Waals surface area (Å²) in [7, 11) is 0. The fourth-order valence-electron chi connectivity index (χ4n) is 2.27. The van der Waals surface area contributed by atoms with Crippen LogP contribution in [0.15, 0.2) is 18.2 Å². The molecule has 1 fully saturated rings. The topological polar surface area (TPSA) is 20.3 Å². The Morgan fingerprint density at radius 3 is 2.61 bits per heavy atom. The SMILES string of the molecule is CC(=O)c1c(F)cccc1N(CC1CC1)C(C)C. The van der Waals surface area contributed by atoms with Gasteiger partial charge in [0, 0.05) is 12.6 Å². The molecule has 0 spiro atoms. The molecule has 0 aromatic heterocycles. The summed E-state index contributed by atoms with van der Waals surface area (Å²) in [5.74, 6) is 0.0847. The van der Waals surface area contributed by atoms with E-state index in [1.54, 1.807) is 6.07 Å². The monoisotopic (exact) mass is 249 g/mol. The van der Waals surface area contributed by atoms with Crippen LogP contribution in [0.25, 0.3) is 0 Å². The van der Waals surface area contributed by atoms with Crippen LogP contribution in [0.4, 0.5) is 10.1 Å². The maximum atomic E-state index is 13.8. The molecule has 18 heavy (non-hydrogen) atoms. The Morgan fingerprint density at radius 2 is 2.11 bits per heavy atom. The van der Waals surface area contributed by atoms with Crippen molar-refractivity contribution in [2.75, 3.05) is 11.4 Å². The number of nitrogens with zero attached hydrogens (tertiary/aromatic N) is 1. The summed E-state index contributed by atoms with van der Waals surface area (Å²) in [6, 6.07) is 5.16. The molecule has 1 aromatic rings. The van der Waals surface area contributed by atoms with Gasteiger partial charge in [0.2, 0.25) is 0 Å². The Hall–Kier alpha value is -1.38. The van der Waals surface area contributed by atoms with Crippen LogP contribution in [0.1, 0.15) is 44.0 Å². The number of Topliss-reactive ketones (excluding diaryl/α,β-unsaturated/α-hetero) is 1. The molecule has 0 unspecified atom stereocenters. The number of anilines is 1. The summed E-state index contributed by atoms with van der Waals surface area (Å²) in [5.41, 5.74) is 0.969. The number of hydrogen-bond acceptors (Lipinski definition) is 2. The second-order valence-corrected chi connectivity index (χ2v) is 5.38. The third-order valence-electron chi connectivity index (χ3n) is 3.43. The molecule has 3 heteroatoms. The smallest absolute Gasteiger partial charge is 0.164 e. The van der Waals surface area contributed by atoms with Crippen molar-refractivity contribution in [2.24, 2.45) is 5.92 Å². The summed E-state index contributed by atoms with van der Waals surface area (Å²) >= 11 is 0. The number of halogens is 1. The standard InChI is InChI=1S/C15H20FNO/c1-10(2)17(9-12-7-8-12)14-6-4-5-13(16)15(14)11(3)18/h4-6,10,12H,7-9H2,1-3H3. The van der Waals surface area contributed by atoms with Crippen LogP contribution in [-0.2, 0) is 0 Å². The summed E-state index contributed by atoms with van der Waals surface area (Å²) in [6.07, 6.45) is 2.49. The van der Waals surface area contributed by atoms with Crippen molar-refractivity contribution < 1.29 is 9.18 Å². The van der Waals surface area contributed by atoms with E-state index < -0.39 is 5.82 Å².